The smallest absolute Gasteiger partial charge is 0.268 e. The molecular weight excluding hydrogens is 804 g/mol. The molecule has 2 aromatic carbocycles. The predicted molar refractivity (Wildman–Crippen MR) is 211 cm³/mol. The maximum atomic E-state index is 15.1. The van der Waals surface area contributed by atoms with Gasteiger partial charge in [0.1, 0.15) is 23.5 Å². The second kappa shape index (κ2) is 15.5. The number of morpholine rings is 1. The monoisotopic (exact) mass is 846 g/mol. The molecule has 2 fully saturated rings. The van der Waals surface area contributed by atoms with Crippen LogP contribution in [0.15, 0.2) is 41.2 Å². The quantitative estimate of drug-likeness (QED) is 0.158. The van der Waals surface area contributed by atoms with Crippen molar-refractivity contribution in [2.75, 3.05) is 24.1 Å². The van der Waals surface area contributed by atoms with Crippen LogP contribution in [-0.2, 0) is 26.0 Å². The average Bonchev–Trinajstić information content (AvgIpc) is 3.48. The maximum Gasteiger partial charge on any atom is 0.268 e. The standard InChI is InChI=1S/C39H43ClF4N8O5S/c1-19-12-29(24-8-10-39(43,44)11-9-24)46-34-31(19)38(54)51(36(47-34)28(45)15-23-13-25(41)16-26(42)14-23)30-7-6-27(40)32-33(30)52(48-35(32)49-58(5,55)56)22(4)37(53)50-17-20(2)57-21(3)18-50/h6-7,12-14,16,20-22,24,28H,8-11,15,17-18,45H2,1-5H3,(H,48,49)/t20-,21+,22-,28+/m1/s1. The van der Waals surface area contributed by atoms with Crippen LogP contribution in [0.5, 0.6) is 0 Å². The number of sulfonamides is 1. The fourth-order valence-corrected chi connectivity index (χ4v) is 8.89. The zero-order valence-electron chi connectivity index (χ0n) is 32.4. The second-order valence-electron chi connectivity index (χ2n) is 15.5. The average molecular weight is 847 g/mol. The summed E-state index contributed by atoms with van der Waals surface area (Å²) in [5, 5.41) is 4.73. The van der Waals surface area contributed by atoms with E-state index in [1.54, 1.807) is 24.8 Å². The van der Waals surface area contributed by atoms with Crippen molar-refractivity contribution >= 4 is 55.3 Å². The normalized spacial score (nSPS) is 20.1. The topological polar surface area (TPSA) is 167 Å². The van der Waals surface area contributed by atoms with Gasteiger partial charge < -0.3 is 15.4 Å². The molecule has 13 nitrogen and oxygen atoms in total. The first-order chi connectivity index (χ1) is 27.2. The van der Waals surface area contributed by atoms with Crippen molar-refractivity contribution < 1.29 is 35.5 Å². The Hall–Kier alpha value is -4.65. The van der Waals surface area contributed by atoms with E-state index in [4.69, 9.17) is 32.0 Å². The summed E-state index contributed by atoms with van der Waals surface area (Å²) in [6.07, 6.45) is -0.0908. The molecule has 0 spiro atoms. The van der Waals surface area contributed by atoms with Crippen LogP contribution in [0.2, 0.25) is 5.02 Å². The Morgan fingerprint density at radius 2 is 1.69 bits per heavy atom. The second-order valence-corrected chi connectivity index (χ2v) is 17.7. The molecule has 1 saturated carbocycles. The van der Waals surface area contributed by atoms with E-state index in [0.29, 0.717) is 17.3 Å². The van der Waals surface area contributed by atoms with Gasteiger partial charge in [-0.3, -0.25) is 18.9 Å². The zero-order valence-corrected chi connectivity index (χ0v) is 34.0. The van der Waals surface area contributed by atoms with Gasteiger partial charge in [-0.15, -0.1) is 0 Å². The van der Waals surface area contributed by atoms with E-state index in [2.05, 4.69) is 9.82 Å². The molecule has 7 rings (SSSR count). The van der Waals surface area contributed by atoms with E-state index >= 15 is 4.79 Å². The molecule has 3 aromatic heterocycles. The Morgan fingerprint density at radius 1 is 1.05 bits per heavy atom. The molecule has 58 heavy (non-hydrogen) atoms. The Balaban J connectivity index is 1.48. The van der Waals surface area contributed by atoms with Crippen LogP contribution in [-0.4, -0.2) is 81.0 Å². The third kappa shape index (κ3) is 8.28. The van der Waals surface area contributed by atoms with Crippen LogP contribution < -0.4 is 16.0 Å². The van der Waals surface area contributed by atoms with Gasteiger partial charge in [0.2, 0.25) is 21.9 Å². The number of pyridine rings is 1. The van der Waals surface area contributed by atoms with Crippen LogP contribution in [0.25, 0.3) is 27.6 Å². The molecule has 1 aliphatic heterocycles. The zero-order chi connectivity index (χ0) is 42.0. The van der Waals surface area contributed by atoms with E-state index in [0.717, 1.165) is 18.4 Å². The number of halogens is 5. The van der Waals surface area contributed by atoms with Crippen LogP contribution in [0.3, 0.4) is 0 Å². The minimum absolute atomic E-state index is 0.0123. The minimum Gasteiger partial charge on any atom is -0.372 e. The Labute approximate surface area is 336 Å². The molecule has 2 aliphatic rings. The third-order valence-electron chi connectivity index (χ3n) is 10.7. The maximum absolute atomic E-state index is 15.1. The SMILES string of the molecule is Cc1cc(C2CCC(F)(F)CC2)nc2nc([C@@H](N)Cc3cc(F)cc(F)c3)n(-c3ccc(Cl)c4c(NS(C)(=O)=O)nn([C@H](C)C(=O)N5C[C@@H](C)O[C@@H](C)C5)c34)c(=O)c12. The van der Waals surface area contributed by atoms with Gasteiger partial charge in [0.05, 0.1) is 51.5 Å². The number of aromatic nitrogens is 5. The molecule has 3 N–H and O–H groups in total. The highest BCUT2D eigenvalue weighted by molar-refractivity contribution is 7.92. The molecule has 0 radical (unpaired) electrons. The molecule has 4 atom stereocenters. The Kier molecular flexibility index (Phi) is 11.1. The highest BCUT2D eigenvalue weighted by Gasteiger charge is 2.37. The summed E-state index contributed by atoms with van der Waals surface area (Å²) < 4.78 is 93.0. The number of amides is 1. The first kappa shape index (κ1) is 41.5. The number of carbonyl (C=O) groups is 1. The van der Waals surface area contributed by atoms with Crippen molar-refractivity contribution in [3.8, 4) is 5.69 Å². The number of carbonyl (C=O) groups excluding carboxylic acids is 1. The lowest BCUT2D eigenvalue weighted by molar-refractivity contribution is -0.146. The van der Waals surface area contributed by atoms with Crippen molar-refractivity contribution in [3.63, 3.8) is 0 Å². The Bertz CT molecular complexity index is 2580. The summed E-state index contributed by atoms with van der Waals surface area (Å²) in [5.41, 5.74) is 7.37. The van der Waals surface area contributed by atoms with E-state index in [-0.39, 0.29) is 119 Å². The number of ether oxygens (including phenoxy) is 1. The number of fused-ring (bicyclic) bond motifs is 2. The number of alkyl halides is 2. The third-order valence-corrected chi connectivity index (χ3v) is 11.6. The van der Waals surface area contributed by atoms with Crippen molar-refractivity contribution in [2.45, 2.75) is 95.9 Å². The fraction of sp³-hybridized carbons (Fsp3) is 0.462. The van der Waals surface area contributed by atoms with E-state index in [1.165, 1.54) is 21.4 Å². The summed E-state index contributed by atoms with van der Waals surface area (Å²) in [5.74, 6) is -5.47. The Morgan fingerprint density at radius 3 is 2.31 bits per heavy atom. The van der Waals surface area contributed by atoms with E-state index in [9.17, 15) is 30.8 Å². The fourth-order valence-electron chi connectivity index (χ4n) is 8.16. The molecule has 19 heteroatoms. The summed E-state index contributed by atoms with van der Waals surface area (Å²) in [4.78, 5) is 40.4. The van der Waals surface area contributed by atoms with Gasteiger partial charge in [0.25, 0.3) is 5.56 Å². The minimum atomic E-state index is -3.96. The lowest BCUT2D eigenvalue weighted by atomic mass is 9.84. The lowest BCUT2D eigenvalue weighted by Gasteiger charge is -2.36. The van der Waals surface area contributed by atoms with Gasteiger partial charge in [-0.1, -0.05) is 11.6 Å². The molecule has 0 unspecified atom stereocenters. The number of nitrogens with one attached hydrogen (secondary N) is 1. The number of hydrogen-bond donors (Lipinski definition) is 2. The van der Waals surface area contributed by atoms with Gasteiger partial charge in [0.15, 0.2) is 11.5 Å². The highest BCUT2D eigenvalue weighted by atomic mass is 35.5. The summed E-state index contributed by atoms with van der Waals surface area (Å²) in [7, 11) is -3.96. The number of anilines is 1. The van der Waals surface area contributed by atoms with Gasteiger partial charge in [-0.25, -0.2) is 40.6 Å². The molecule has 5 aromatic rings. The molecule has 0 bridgehead atoms. The van der Waals surface area contributed by atoms with Gasteiger partial charge in [0, 0.05) is 43.6 Å². The van der Waals surface area contributed by atoms with Crippen LogP contribution in [0, 0.1) is 18.6 Å². The molecular formula is C39H43ClF4N8O5S. The number of benzene rings is 2. The summed E-state index contributed by atoms with van der Waals surface area (Å²) in [6.45, 7) is 7.49. The molecule has 1 saturated heterocycles. The molecule has 4 heterocycles. The lowest BCUT2D eigenvalue weighted by Crippen LogP contribution is -2.50. The number of nitrogens with zero attached hydrogens (tertiary/aromatic N) is 6. The van der Waals surface area contributed by atoms with Crippen molar-refractivity contribution in [1.82, 2.24) is 29.2 Å². The van der Waals surface area contributed by atoms with Crippen molar-refractivity contribution in [1.29, 1.82) is 0 Å². The molecule has 1 amide bonds. The van der Waals surface area contributed by atoms with Crippen molar-refractivity contribution in [3.05, 3.63) is 86.1 Å². The number of aryl methyl sites for hydroxylation is 1. The van der Waals surface area contributed by atoms with Crippen molar-refractivity contribution in [2.24, 2.45) is 5.73 Å². The van der Waals surface area contributed by atoms with Gasteiger partial charge in [-0.2, -0.15) is 5.10 Å². The van der Waals surface area contributed by atoms with E-state index in [1.807, 2.05) is 13.8 Å². The number of nitrogens with two attached hydrogens (primary N) is 1. The number of rotatable bonds is 9. The summed E-state index contributed by atoms with van der Waals surface area (Å²) in [6, 6.07) is 5.20. The first-order valence-electron chi connectivity index (χ1n) is 18.9. The number of hydrogen-bond acceptors (Lipinski definition) is 9. The van der Waals surface area contributed by atoms with Gasteiger partial charge >= 0.3 is 0 Å². The van der Waals surface area contributed by atoms with Crippen LogP contribution >= 0.6 is 11.6 Å². The van der Waals surface area contributed by atoms with Crippen LogP contribution in [0.4, 0.5) is 23.4 Å². The first-order valence-corrected chi connectivity index (χ1v) is 21.1. The predicted octanol–water partition coefficient (Wildman–Crippen LogP) is 6.47. The molecule has 1 aliphatic carbocycles. The highest BCUT2D eigenvalue weighted by Crippen LogP contribution is 2.41. The van der Waals surface area contributed by atoms with Crippen LogP contribution in [0.1, 0.15) is 87.1 Å². The largest absolute Gasteiger partial charge is 0.372 e. The van der Waals surface area contributed by atoms with Gasteiger partial charge in [-0.05, 0) is 88.4 Å². The van der Waals surface area contributed by atoms with E-state index < -0.39 is 45.2 Å². The molecule has 310 valence electrons. The summed E-state index contributed by atoms with van der Waals surface area (Å²) >= 11 is 6.79.